The van der Waals surface area contributed by atoms with Crippen LogP contribution in [0.1, 0.15) is 10.5 Å². The van der Waals surface area contributed by atoms with E-state index < -0.39 is 0 Å². The van der Waals surface area contributed by atoms with E-state index in [9.17, 15) is 14.4 Å². The molecule has 0 bridgehead atoms. The quantitative estimate of drug-likeness (QED) is 0.772. The molecule has 0 aromatic carbocycles. The van der Waals surface area contributed by atoms with Crippen LogP contribution in [0.25, 0.3) is 0 Å². The topological polar surface area (TPSA) is 102 Å². The standard InChI is InChI=1S/C14H15N5O3/c20-12-3-1-10(9-15-12)18-5-7-19(8-6-18)14(22)11-2-4-13(21)17-16-11/h1-4,9H,5-8H2,(H,15,20)(H,17,21). The van der Waals surface area contributed by atoms with E-state index >= 15 is 0 Å². The number of hydrogen-bond acceptors (Lipinski definition) is 5. The zero-order valence-electron chi connectivity index (χ0n) is 11.8. The SMILES string of the molecule is O=C(c1ccc(=O)[nH]n1)N1CCN(c2ccc(=O)[nH]c2)CC1. The van der Waals surface area contributed by atoms with Gasteiger partial charge in [0.15, 0.2) is 0 Å². The van der Waals surface area contributed by atoms with Gasteiger partial charge in [0, 0.05) is 44.5 Å². The second-order valence-corrected chi connectivity index (χ2v) is 5.00. The molecular weight excluding hydrogens is 286 g/mol. The Kier molecular flexibility index (Phi) is 3.73. The lowest BCUT2D eigenvalue weighted by Gasteiger charge is -2.35. The van der Waals surface area contributed by atoms with Crippen LogP contribution in [0.3, 0.4) is 0 Å². The lowest BCUT2D eigenvalue weighted by Crippen LogP contribution is -2.49. The molecule has 2 aromatic heterocycles. The number of piperazine rings is 1. The highest BCUT2D eigenvalue weighted by molar-refractivity contribution is 5.92. The first-order valence-corrected chi connectivity index (χ1v) is 6.92. The number of aromatic amines is 2. The zero-order valence-corrected chi connectivity index (χ0v) is 11.8. The maximum absolute atomic E-state index is 12.3. The lowest BCUT2D eigenvalue weighted by atomic mass is 10.2. The summed E-state index contributed by atoms with van der Waals surface area (Å²) in [5.41, 5.74) is 0.687. The Balaban J connectivity index is 1.65. The Morgan fingerprint density at radius 2 is 1.73 bits per heavy atom. The van der Waals surface area contributed by atoms with Crippen molar-refractivity contribution in [2.45, 2.75) is 0 Å². The Bertz CT molecular complexity index is 749. The second kappa shape index (κ2) is 5.84. The molecule has 8 heteroatoms. The first kappa shape index (κ1) is 14.1. The number of amides is 1. The fourth-order valence-electron chi connectivity index (χ4n) is 2.39. The van der Waals surface area contributed by atoms with Crippen molar-refractivity contribution >= 4 is 11.6 Å². The molecule has 0 unspecified atom stereocenters. The molecule has 3 rings (SSSR count). The molecule has 1 saturated heterocycles. The van der Waals surface area contributed by atoms with Gasteiger partial charge in [0.05, 0.1) is 5.69 Å². The summed E-state index contributed by atoms with van der Waals surface area (Å²) in [4.78, 5) is 40.7. The first-order chi connectivity index (χ1) is 10.6. The van der Waals surface area contributed by atoms with E-state index in [0.717, 1.165) is 5.69 Å². The van der Waals surface area contributed by atoms with E-state index in [4.69, 9.17) is 0 Å². The van der Waals surface area contributed by atoms with E-state index in [-0.39, 0.29) is 22.7 Å². The third kappa shape index (κ3) is 2.90. The molecule has 0 aliphatic carbocycles. The highest BCUT2D eigenvalue weighted by Crippen LogP contribution is 2.14. The third-order valence-corrected chi connectivity index (χ3v) is 3.60. The van der Waals surface area contributed by atoms with Crippen molar-refractivity contribution in [3.63, 3.8) is 0 Å². The van der Waals surface area contributed by atoms with Crippen LogP contribution in [0.2, 0.25) is 0 Å². The van der Waals surface area contributed by atoms with Crippen LogP contribution < -0.4 is 16.0 Å². The van der Waals surface area contributed by atoms with E-state index in [1.165, 1.54) is 18.2 Å². The van der Waals surface area contributed by atoms with Crippen molar-refractivity contribution in [2.24, 2.45) is 0 Å². The minimum absolute atomic E-state index is 0.137. The van der Waals surface area contributed by atoms with Gasteiger partial charge in [-0.1, -0.05) is 0 Å². The molecule has 114 valence electrons. The average Bonchev–Trinajstić information content (AvgIpc) is 2.56. The predicted molar refractivity (Wildman–Crippen MR) is 80.0 cm³/mol. The number of pyridine rings is 1. The fraction of sp³-hybridized carbons (Fsp3) is 0.286. The molecule has 2 aromatic rings. The zero-order chi connectivity index (χ0) is 15.5. The molecule has 3 heterocycles. The lowest BCUT2D eigenvalue weighted by molar-refractivity contribution is 0.0739. The summed E-state index contributed by atoms with van der Waals surface area (Å²) in [5.74, 6) is -0.197. The maximum Gasteiger partial charge on any atom is 0.274 e. The molecule has 8 nitrogen and oxygen atoms in total. The van der Waals surface area contributed by atoms with Crippen molar-refractivity contribution in [1.82, 2.24) is 20.1 Å². The number of nitrogens with zero attached hydrogens (tertiary/aromatic N) is 3. The van der Waals surface area contributed by atoms with Crippen molar-refractivity contribution in [3.8, 4) is 0 Å². The molecule has 1 aliphatic heterocycles. The van der Waals surface area contributed by atoms with Crippen LogP contribution >= 0.6 is 0 Å². The van der Waals surface area contributed by atoms with Gasteiger partial charge in [-0.2, -0.15) is 5.10 Å². The fourth-order valence-corrected chi connectivity index (χ4v) is 2.39. The average molecular weight is 301 g/mol. The summed E-state index contributed by atoms with van der Waals surface area (Å²) in [6, 6.07) is 5.96. The molecule has 0 atom stereocenters. The Morgan fingerprint density at radius 1 is 1.00 bits per heavy atom. The van der Waals surface area contributed by atoms with Gasteiger partial charge in [-0.25, -0.2) is 5.10 Å². The maximum atomic E-state index is 12.3. The molecule has 1 aliphatic rings. The van der Waals surface area contributed by atoms with Crippen LogP contribution in [-0.4, -0.2) is 52.2 Å². The Hall–Kier alpha value is -2.90. The van der Waals surface area contributed by atoms with Crippen molar-refractivity contribution in [3.05, 3.63) is 56.9 Å². The first-order valence-electron chi connectivity index (χ1n) is 6.92. The normalized spacial score (nSPS) is 14.9. The summed E-state index contributed by atoms with van der Waals surface area (Å²) < 4.78 is 0. The molecule has 0 saturated carbocycles. The van der Waals surface area contributed by atoms with E-state index in [2.05, 4.69) is 20.1 Å². The Morgan fingerprint density at radius 3 is 2.32 bits per heavy atom. The van der Waals surface area contributed by atoms with Crippen molar-refractivity contribution in [2.75, 3.05) is 31.1 Å². The molecule has 1 amide bonds. The van der Waals surface area contributed by atoms with Crippen LogP contribution in [0.5, 0.6) is 0 Å². The smallest absolute Gasteiger partial charge is 0.274 e. The number of rotatable bonds is 2. The van der Waals surface area contributed by atoms with Crippen LogP contribution in [0.4, 0.5) is 5.69 Å². The van der Waals surface area contributed by atoms with Gasteiger partial charge in [-0.05, 0) is 12.1 Å². The molecule has 2 N–H and O–H groups in total. The minimum Gasteiger partial charge on any atom is -0.367 e. The molecular formula is C14H15N5O3. The van der Waals surface area contributed by atoms with Crippen LogP contribution in [0, 0.1) is 0 Å². The number of nitrogens with one attached hydrogen (secondary N) is 2. The number of anilines is 1. The van der Waals surface area contributed by atoms with Gasteiger partial charge >= 0.3 is 0 Å². The van der Waals surface area contributed by atoms with Crippen LogP contribution in [-0.2, 0) is 0 Å². The summed E-state index contributed by atoms with van der Waals surface area (Å²) in [6.07, 6.45) is 1.67. The van der Waals surface area contributed by atoms with Gasteiger partial charge in [0.1, 0.15) is 5.69 Å². The van der Waals surface area contributed by atoms with Gasteiger partial charge in [0.2, 0.25) is 5.56 Å². The molecule has 1 fully saturated rings. The van der Waals surface area contributed by atoms with Gasteiger partial charge in [-0.15, -0.1) is 0 Å². The monoisotopic (exact) mass is 301 g/mol. The van der Waals surface area contributed by atoms with Gasteiger partial charge < -0.3 is 14.8 Å². The van der Waals surface area contributed by atoms with Crippen LogP contribution in [0.15, 0.2) is 40.1 Å². The highest BCUT2D eigenvalue weighted by atomic mass is 16.2. The summed E-state index contributed by atoms with van der Waals surface area (Å²) >= 11 is 0. The van der Waals surface area contributed by atoms with Gasteiger partial charge in [0.25, 0.3) is 11.5 Å². The number of carbonyl (C=O) groups excluding carboxylic acids is 1. The van der Waals surface area contributed by atoms with Crippen molar-refractivity contribution in [1.29, 1.82) is 0 Å². The molecule has 0 spiro atoms. The van der Waals surface area contributed by atoms with Gasteiger partial charge in [-0.3, -0.25) is 14.4 Å². The molecule has 0 radical (unpaired) electrons. The number of aromatic nitrogens is 3. The number of hydrogen-bond donors (Lipinski definition) is 2. The predicted octanol–water partition coefficient (Wildman–Crippen LogP) is -0.579. The van der Waals surface area contributed by atoms with E-state index in [1.54, 1.807) is 17.2 Å². The number of H-pyrrole nitrogens is 2. The highest BCUT2D eigenvalue weighted by Gasteiger charge is 2.23. The number of carbonyl (C=O) groups is 1. The largest absolute Gasteiger partial charge is 0.367 e. The summed E-state index contributed by atoms with van der Waals surface area (Å²) in [5, 5.41) is 6.02. The van der Waals surface area contributed by atoms with Crippen molar-refractivity contribution < 1.29 is 4.79 Å². The minimum atomic E-state index is -0.334. The summed E-state index contributed by atoms with van der Waals surface area (Å²) in [7, 11) is 0. The Labute approximate surface area is 125 Å². The summed E-state index contributed by atoms with van der Waals surface area (Å²) in [6.45, 7) is 2.44. The second-order valence-electron chi connectivity index (χ2n) is 5.00. The van der Waals surface area contributed by atoms with E-state index in [1.807, 2.05) is 0 Å². The third-order valence-electron chi connectivity index (χ3n) is 3.60. The molecule has 22 heavy (non-hydrogen) atoms. The van der Waals surface area contributed by atoms with E-state index in [0.29, 0.717) is 26.2 Å².